The van der Waals surface area contributed by atoms with E-state index in [1.165, 1.54) is 0 Å². The fourth-order valence-electron chi connectivity index (χ4n) is 3.48. The number of rotatable bonds is 4. The number of aldehydes is 2. The first-order valence-electron chi connectivity index (χ1n) is 7.19. The molecule has 2 unspecified atom stereocenters. The van der Waals surface area contributed by atoms with Gasteiger partial charge in [-0.3, -0.25) is 4.79 Å². The Balaban J connectivity index is 1.87. The van der Waals surface area contributed by atoms with Gasteiger partial charge in [0, 0.05) is 23.7 Å². The van der Waals surface area contributed by atoms with Gasteiger partial charge < -0.3 is 9.59 Å². The molecule has 0 aromatic heterocycles. The molecule has 0 radical (unpaired) electrons. The van der Waals surface area contributed by atoms with Gasteiger partial charge in [-0.25, -0.2) is 0 Å². The van der Waals surface area contributed by atoms with Crippen molar-refractivity contribution in [3.63, 3.8) is 0 Å². The van der Waals surface area contributed by atoms with Crippen LogP contribution in [0.1, 0.15) is 51.4 Å². The highest BCUT2D eigenvalue weighted by Crippen LogP contribution is 2.35. The first kappa shape index (κ1) is 13.4. The van der Waals surface area contributed by atoms with Crippen molar-refractivity contribution in [1.82, 2.24) is 0 Å². The van der Waals surface area contributed by atoms with Gasteiger partial charge in [-0.2, -0.15) is 0 Å². The van der Waals surface area contributed by atoms with E-state index in [1.807, 2.05) is 0 Å². The molecule has 0 aromatic carbocycles. The van der Waals surface area contributed by atoms with Gasteiger partial charge in [-0.1, -0.05) is 6.42 Å². The summed E-state index contributed by atoms with van der Waals surface area (Å²) >= 11 is 0. The second-order valence-electron chi connectivity index (χ2n) is 5.91. The molecule has 2 fully saturated rings. The van der Waals surface area contributed by atoms with E-state index >= 15 is 0 Å². The van der Waals surface area contributed by atoms with Crippen LogP contribution in [0, 0.1) is 23.7 Å². The van der Waals surface area contributed by atoms with E-state index in [4.69, 9.17) is 0 Å². The molecule has 2 saturated carbocycles. The minimum Gasteiger partial charge on any atom is -0.303 e. The van der Waals surface area contributed by atoms with Crippen LogP contribution in [0.15, 0.2) is 0 Å². The molecule has 0 saturated heterocycles. The van der Waals surface area contributed by atoms with E-state index in [1.54, 1.807) is 0 Å². The standard InChI is InChI=1S/C15H22O3/c16-9-11-4-6-13(7-5-11)15(18)14-3-1-2-12(8-14)10-17/h9-14H,1-8H2. The third kappa shape index (κ3) is 3.06. The van der Waals surface area contributed by atoms with Crippen molar-refractivity contribution in [2.45, 2.75) is 51.4 Å². The van der Waals surface area contributed by atoms with Crippen molar-refractivity contribution in [2.75, 3.05) is 0 Å². The quantitative estimate of drug-likeness (QED) is 0.720. The van der Waals surface area contributed by atoms with Crippen LogP contribution >= 0.6 is 0 Å². The number of Topliss-reactive ketones (excluding diaryl/α,β-unsaturated/α-hetero) is 1. The highest BCUT2D eigenvalue weighted by Gasteiger charge is 2.33. The van der Waals surface area contributed by atoms with Crippen molar-refractivity contribution in [3.05, 3.63) is 0 Å². The Hall–Kier alpha value is -0.990. The van der Waals surface area contributed by atoms with Gasteiger partial charge in [0.1, 0.15) is 18.4 Å². The third-order valence-electron chi connectivity index (χ3n) is 4.68. The molecule has 0 heterocycles. The summed E-state index contributed by atoms with van der Waals surface area (Å²) in [5, 5.41) is 0. The Kier molecular flexibility index (Phi) is 4.67. The molecular weight excluding hydrogens is 228 g/mol. The largest absolute Gasteiger partial charge is 0.303 e. The second-order valence-corrected chi connectivity index (χ2v) is 5.91. The summed E-state index contributed by atoms with van der Waals surface area (Å²) in [5.41, 5.74) is 0. The maximum absolute atomic E-state index is 12.4. The van der Waals surface area contributed by atoms with E-state index in [0.717, 1.165) is 63.9 Å². The molecule has 0 amide bonds. The number of carbonyl (C=O) groups excluding carboxylic acids is 3. The maximum Gasteiger partial charge on any atom is 0.139 e. The van der Waals surface area contributed by atoms with Crippen LogP contribution in [0.2, 0.25) is 0 Å². The Morgan fingerprint density at radius 2 is 1.44 bits per heavy atom. The average Bonchev–Trinajstić information content (AvgIpc) is 2.46. The van der Waals surface area contributed by atoms with Crippen molar-refractivity contribution in [2.24, 2.45) is 23.7 Å². The highest BCUT2D eigenvalue weighted by molar-refractivity contribution is 5.84. The van der Waals surface area contributed by atoms with Crippen molar-refractivity contribution >= 4 is 18.4 Å². The van der Waals surface area contributed by atoms with Gasteiger partial charge in [0.25, 0.3) is 0 Å². The SMILES string of the molecule is O=CC1CCC(C(=O)C2CCCC(C=O)C2)CC1. The normalized spacial score (nSPS) is 36.9. The maximum atomic E-state index is 12.4. The van der Waals surface area contributed by atoms with Gasteiger partial charge in [-0.15, -0.1) is 0 Å². The summed E-state index contributed by atoms with van der Waals surface area (Å²) < 4.78 is 0. The summed E-state index contributed by atoms with van der Waals surface area (Å²) in [5.74, 6) is 0.886. The minimum absolute atomic E-state index is 0.0963. The van der Waals surface area contributed by atoms with E-state index < -0.39 is 0 Å². The molecule has 2 aliphatic carbocycles. The Morgan fingerprint density at radius 1 is 0.778 bits per heavy atom. The fourth-order valence-corrected chi connectivity index (χ4v) is 3.48. The van der Waals surface area contributed by atoms with Gasteiger partial charge in [0.2, 0.25) is 0 Å². The molecule has 3 heteroatoms. The Labute approximate surface area is 108 Å². The van der Waals surface area contributed by atoms with Crippen LogP contribution in [0.25, 0.3) is 0 Å². The molecule has 0 spiro atoms. The molecule has 2 atom stereocenters. The van der Waals surface area contributed by atoms with Crippen LogP contribution in [-0.4, -0.2) is 18.4 Å². The van der Waals surface area contributed by atoms with Gasteiger partial charge in [0.15, 0.2) is 0 Å². The lowest BCUT2D eigenvalue weighted by Crippen LogP contribution is -2.31. The highest BCUT2D eigenvalue weighted by atomic mass is 16.1. The average molecular weight is 250 g/mol. The number of carbonyl (C=O) groups is 3. The number of ketones is 1. The van der Waals surface area contributed by atoms with E-state index in [9.17, 15) is 14.4 Å². The minimum atomic E-state index is 0.0963. The summed E-state index contributed by atoms with van der Waals surface area (Å²) in [4.78, 5) is 33.9. The fraction of sp³-hybridized carbons (Fsp3) is 0.800. The molecule has 2 rings (SSSR count). The van der Waals surface area contributed by atoms with Crippen molar-refractivity contribution < 1.29 is 14.4 Å². The number of hydrogen-bond acceptors (Lipinski definition) is 3. The smallest absolute Gasteiger partial charge is 0.139 e. The second kappa shape index (κ2) is 6.26. The topological polar surface area (TPSA) is 51.2 Å². The first-order valence-corrected chi connectivity index (χ1v) is 7.19. The molecule has 3 nitrogen and oxygen atoms in total. The van der Waals surface area contributed by atoms with E-state index in [-0.39, 0.29) is 23.7 Å². The lowest BCUT2D eigenvalue weighted by molar-refractivity contribution is -0.130. The molecule has 100 valence electrons. The molecular formula is C15H22O3. The summed E-state index contributed by atoms with van der Waals surface area (Å²) in [7, 11) is 0. The van der Waals surface area contributed by atoms with Gasteiger partial charge in [-0.05, 0) is 44.9 Å². The molecule has 0 aliphatic heterocycles. The predicted molar refractivity (Wildman–Crippen MR) is 68.0 cm³/mol. The predicted octanol–water partition coefficient (Wildman–Crippen LogP) is 2.57. The van der Waals surface area contributed by atoms with Crippen molar-refractivity contribution in [1.29, 1.82) is 0 Å². The van der Waals surface area contributed by atoms with Crippen LogP contribution in [0.3, 0.4) is 0 Å². The van der Waals surface area contributed by atoms with E-state index in [2.05, 4.69) is 0 Å². The number of hydrogen-bond donors (Lipinski definition) is 0. The van der Waals surface area contributed by atoms with Crippen molar-refractivity contribution in [3.8, 4) is 0 Å². The van der Waals surface area contributed by atoms with Crippen LogP contribution < -0.4 is 0 Å². The van der Waals surface area contributed by atoms with Crippen LogP contribution in [-0.2, 0) is 14.4 Å². The molecule has 2 aliphatic rings. The zero-order valence-electron chi connectivity index (χ0n) is 10.8. The molecule has 18 heavy (non-hydrogen) atoms. The van der Waals surface area contributed by atoms with Crippen LogP contribution in [0.4, 0.5) is 0 Å². The van der Waals surface area contributed by atoms with E-state index in [0.29, 0.717) is 5.78 Å². The molecule has 0 aromatic rings. The van der Waals surface area contributed by atoms with Crippen LogP contribution in [0.5, 0.6) is 0 Å². The lowest BCUT2D eigenvalue weighted by atomic mass is 9.72. The van der Waals surface area contributed by atoms with Gasteiger partial charge in [0.05, 0.1) is 0 Å². The zero-order valence-corrected chi connectivity index (χ0v) is 10.8. The Morgan fingerprint density at radius 3 is 2.06 bits per heavy atom. The van der Waals surface area contributed by atoms with Gasteiger partial charge >= 0.3 is 0 Å². The third-order valence-corrected chi connectivity index (χ3v) is 4.68. The molecule has 0 N–H and O–H groups in total. The summed E-state index contributed by atoms with van der Waals surface area (Å²) in [6.07, 6.45) is 9.18. The summed E-state index contributed by atoms with van der Waals surface area (Å²) in [6.45, 7) is 0. The lowest BCUT2D eigenvalue weighted by Gasteiger charge is -2.31. The Bertz CT molecular complexity index is 316. The summed E-state index contributed by atoms with van der Waals surface area (Å²) in [6, 6.07) is 0. The first-order chi connectivity index (χ1) is 8.74. The zero-order chi connectivity index (χ0) is 13.0. The molecule has 0 bridgehead atoms. The monoisotopic (exact) mass is 250 g/mol.